The van der Waals surface area contributed by atoms with E-state index in [1.807, 2.05) is 6.20 Å². The zero-order valence-corrected chi connectivity index (χ0v) is 12.2. The van der Waals surface area contributed by atoms with E-state index in [1.165, 1.54) is 31.7 Å². The molecule has 106 valence electrons. The molecule has 1 aliphatic heterocycles. The molecule has 0 aliphatic carbocycles. The predicted octanol–water partition coefficient (Wildman–Crippen LogP) is 1.72. The Balaban J connectivity index is 1.91. The fraction of sp³-hybridized carbons (Fsp3) is 0.667. The van der Waals surface area contributed by atoms with Gasteiger partial charge in [0.1, 0.15) is 0 Å². The molecule has 4 nitrogen and oxygen atoms in total. The Morgan fingerprint density at radius 3 is 2.68 bits per heavy atom. The molecule has 0 aromatic carbocycles. The average Bonchev–Trinajstić information content (AvgIpc) is 2.46. The number of nitrogens with zero attached hydrogens (tertiary/aromatic N) is 3. The van der Waals surface area contributed by atoms with E-state index >= 15 is 0 Å². The normalized spacial score (nSPS) is 16.8. The van der Waals surface area contributed by atoms with E-state index in [0.29, 0.717) is 0 Å². The van der Waals surface area contributed by atoms with Crippen LogP contribution < -0.4 is 10.2 Å². The highest BCUT2D eigenvalue weighted by Gasteiger charge is 2.16. The molecule has 2 heterocycles. The lowest BCUT2D eigenvalue weighted by Crippen LogP contribution is -2.46. The zero-order chi connectivity index (χ0) is 13.5. The fourth-order valence-electron chi connectivity index (χ4n) is 2.56. The van der Waals surface area contributed by atoms with Gasteiger partial charge in [0.15, 0.2) is 0 Å². The second-order valence-corrected chi connectivity index (χ2v) is 5.11. The molecule has 19 heavy (non-hydrogen) atoms. The quantitative estimate of drug-likeness (QED) is 0.846. The lowest BCUT2D eigenvalue weighted by atomic mass is 10.2. The van der Waals surface area contributed by atoms with Crippen molar-refractivity contribution in [3.8, 4) is 0 Å². The Hall–Kier alpha value is -1.13. The van der Waals surface area contributed by atoms with Crippen molar-refractivity contribution < 1.29 is 0 Å². The third-order valence-corrected chi connectivity index (χ3v) is 3.63. The molecule has 0 saturated carbocycles. The minimum absolute atomic E-state index is 0.861. The van der Waals surface area contributed by atoms with Crippen molar-refractivity contribution in [1.82, 2.24) is 15.2 Å². The monoisotopic (exact) mass is 262 g/mol. The predicted molar refractivity (Wildman–Crippen MR) is 80.6 cm³/mol. The van der Waals surface area contributed by atoms with Crippen LogP contribution in [0.3, 0.4) is 0 Å². The maximum Gasteiger partial charge on any atom is 0.0562 e. The van der Waals surface area contributed by atoms with Gasteiger partial charge >= 0.3 is 0 Å². The summed E-state index contributed by atoms with van der Waals surface area (Å²) in [6, 6.07) is 4.35. The molecular formula is C15H26N4. The van der Waals surface area contributed by atoms with Crippen LogP contribution in [-0.4, -0.2) is 49.2 Å². The second-order valence-electron chi connectivity index (χ2n) is 5.11. The van der Waals surface area contributed by atoms with Crippen LogP contribution in [0.5, 0.6) is 0 Å². The number of hydrogen-bond donors (Lipinski definition) is 1. The molecule has 1 aromatic rings. The maximum atomic E-state index is 4.42. The van der Waals surface area contributed by atoms with Crippen molar-refractivity contribution in [2.45, 2.75) is 26.8 Å². The third kappa shape index (κ3) is 4.18. The smallest absolute Gasteiger partial charge is 0.0562 e. The first-order chi connectivity index (χ1) is 9.33. The molecule has 0 amide bonds. The van der Waals surface area contributed by atoms with Gasteiger partial charge in [0, 0.05) is 44.6 Å². The lowest BCUT2D eigenvalue weighted by Gasteiger charge is -2.36. The highest BCUT2D eigenvalue weighted by molar-refractivity contribution is 5.47. The summed E-state index contributed by atoms with van der Waals surface area (Å²) >= 11 is 0. The summed E-state index contributed by atoms with van der Waals surface area (Å²) in [6.07, 6.45) is 3.18. The van der Waals surface area contributed by atoms with Crippen molar-refractivity contribution in [2.75, 3.05) is 44.2 Å². The third-order valence-electron chi connectivity index (χ3n) is 3.63. The Kier molecular flexibility index (Phi) is 5.61. The summed E-state index contributed by atoms with van der Waals surface area (Å²) in [4.78, 5) is 9.44. The van der Waals surface area contributed by atoms with Gasteiger partial charge in [-0.05, 0) is 31.6 Å². The number of aromatic nitrogens is 1. The first-order valence-corrected chi connectivity index (χ1v) is 7.46. The summed E-state index contributed by atoms with van der Waals surface area (Å²) in [5.41, 5.74) is 2.45. The number of rotatable bonds is 6. The van der Waals surface area contributed by atoms with Gasteiger partial charge in [-0.2, -0.15) is 0 Å². The van der Waals surface area contributed by atoms with E-state index in [0.717, 1.165) is 31.9 Å². The summed E-state index contributed by atoms with van der Waals surface area (Å²) in [7, 11) is 0. The van der Waals surface area contributed by atoms with Crippen LogP contribution in [0.4, 0.5) is 5.69 Å². The number of hydrogen-bond acceptors (Lipinski definition) is 4. The van der Waals surface area contributed by atoms with Gasteiger partial charge in [-0.25, -0.2) is 0 Å². The Labute approximate surface area is 116 Å². The largest absolute Gasteiger partial charge is 0.369 e. The van der Waals surface area contributed by atoms with E-state index in [4.69, 9.17) is 0 Å². The van der Waals surface area contributed by atoms with Crippen molar-refractivity contribution >= 4 is 5.69 Å². The van der Waals surface area contributed by atoms with E-state index < -0.39 is 0 Å². The summed E-state index contributed by atoms with van der Waals surface area (Å²) < 4.78 is 0. The maximum absolute atomic E-state index is 4.42. The molecule has 0 spiro atoms. The molecule has 0 unspecified atom stereocenters. The minimum atomic E-state index is 0.861. The van der Waals surface area contributed by atoms with E-state index in [9.17, 15) is 0 Å². The highest BCUT2D eigenvalue weighted by Crippen LogP contribution is 2.16. The van der Waals surface area contributed by atoms with Gasteiger partial charge in [0.2, 0.25) is 0 Å². The lowest BCUT2D eigenvalue weighted by molar-refractivity contribution is 0.258. The van der Waals surface area contributed by atoms with Gasteiger partial charge in [-0.3, -0.25) is 9.88 Å². The zero-order valence-electron chi connectivity index (χ0n) is 12.2. The fourth-order valence-corrected chi connectivity index (χ4v) is 2.56. The standard InChI is InChI=1S/C15H26N4/c1-3-7-18-8-10-19(11-9-18)15-5-6-17-14(12-15)13-16-4-2/h5-6,12,16H,3-4,7-11,13H2,1-2H3. The molecule has 1 N–H and O–H groups in total. The van der Waals surface area contributed by atoms with Crippen LogP contribution in [0.1, 0.15) is 26.0 Å². The Morgan fingerprint density at radius 2 is 2.00 bits per heavy atom. The Morgan fingerprint density at radius 1 is 1.21 bits per heavy atom. The Bertz CT molecular complexity index is 372. The second kappa shape index (κ2) is 7.46. The van der Waals surface area contributed by atoms with Crippen molar-refractivity contribution in [3.63, 3.8) is 0 Å². The van der Waals surface area contributed by atoms with E-state index in [2.05, 4.69) is 46.1 Å². The first kappa shape index (κ1) is 14.3. The molecule has 0 atom stereocenters. The SMILES string of the molecule is CCCN1CCN(c2ccnc(CNCC)c2)CC1. The molecule has 0 radical (unpaired) electrons. The molecule has 1 saturated heterocycles. The summed E-state index contributed by atoms with van der Waals surface area (Å²) in [5, 5.41) is 3.33. The van der Waals surface area contributed by atoms with E-state index in [1.54, 1.807) is 0 Å². The van der Waals surface area contributed by atoms with Crippen LogP contribution in [-0.2, 0) is 6.54 Å². The van der Waals surface area contributed by atoms with Gasteiger partial charge in [0.25, 0.3) is 0 Å². The summed E-state index contributed by atoms with van der Waals surface area (Å²) in [5.74, 6) is 0. The van der Waals surface area contributed by atoms with Gasteiger partial charge in [-0.15, -0.1) is 0 Å². The van der Waals surface area contributed by atoms with Crippen LogP contribution >= 0.6 is 0 Å². The number of nitrogens with one attached hydrogen (secondary N) is 1. The molecule has 0 bridgehead atoms. The van der Waals surface area contributed by atoms with Crippen molar-refractivity contribution in [1.29, 1.82) is 0 Å². The number of piperazine rings is 1. The van der Waals surface area contributed by atoms with E-state index in [-0.39, 0.29) is 0 Å². The van der Waals surface area contributed by atoms with Gasteiger partial charge < -0.3 is 10.2 Å². The van der Waals surface area contributed by atoms with Crippen LogP contribution in [0.25, 0.3) is 0 Å². The first-order valence-electron chi connectivity index (χ1n) is 7.46. The van der Waals surface area contributed by atoms with Gasteiger partial charge in [-0.1, -0.05) is 13.8 Å². The molecule has 2 rings (SSSR count). The summed E-state index contributed by atoms with van der Waals surface area (Å²) in [6.45, 7) is 12.1. The van der Waals surface area contributed by atoms with Crippen molar-refractivity contribution in [3.05, 3.63) is 24.0 Å². The topological polar surface area (TPSA) is 31.4 Å². The number of pyridine rings is 1. The highest BCUT2D eigenvalue weighted by atomic mass is 15.3. The van der Waals surface area contributed by atoms with Crippen LogP contribution in [0, 0.1) is 0 Å². The molecule has 1 aliphatic rings. The van der Waals surface area contributed by atoms with Crippen LogP contribution in [0.2, 0.25) is 0 Å². The molecule has 1 fully saturated rings. The molecular weight excluding hydrogens is 236 g/mol. The van der Waals surface area contributed by atoms with Gasteiger partial charge in [0.05, 0.1) is 5.69 Å². The minimum Gasteiger partial charge on any atom is -0.369 e. The number of anilines is 1. The molecule has 4 heteroatoms. The molecule has 1 aromatic heterocycles. The van der Waals surface area contributed by atoms with Crippen molar-refractivity contribution in [2.24, 2.45) is 0 Å². The average molecular weight is 262 g/mol. The van der Waals surface area contributed by atoms with Crippen LogP contribution in [0.15, 0.2) is 18.3 Å².